The highest BCUT2D eigenvalue weighted by Gasteiger charge is 2.07. The van der Waals surface area contributed by atoms with Crippen molar-refractivity contribution in [1.29, 1.82) is 0 Å². The molecule has 0 heterocycles. The van der Waals surface area contributed by atoms with Crippen LogP contribution in [0.2, 0.25) is 0 Å². The normalized spacial score (nSPS) is 10.7. The first-order chi connectivity index (χ1) is 9.16. The van der Waals surface area contributed by atoms with E-state index in [1.807, 2.05) is 0 Å². The Labute approximate surface area is 113 Å². The molecule has 2 heteroatoms. The zero-order valence-electron chi connectivity index (χ0n) is 11.1. The number of hydrogen-bond donors (Lipinski definition) is 0. The molecule has 100 valence electrons. The Morgan fingerprint density at radius 1 is 0.789 bits per heavy atom. The van der Waals surface area contributed by atoms with Crippen molar-refractivity contribution in [1.82, 2.24) is 0 Å². The summed E-state index contributed by atoms with van der Waals surface area (Å²) >= 11 is 0. The third kappa shape index (κ3) is 3.88. The zero-order chi connectivity index (χ0) is 13.7. The fourth-order valence-electron chi connectivity index (χ4n) is 2.16. The molecule has 0 radical (unpaired) electrons. The maximum Gasteiger partial charge on any atom is 0.129 e. The zero-order valence-corrected chi connectivity index (χ0v) is 11.1. The minimum absolute atomic E-state index is 0.214. The SMILES string of the molecule is Cc1ccc(CCCCc2c(F)cccc2F)cc1. The van der Waals surface area contributed by atoms with Gasteiger partial charge in [0.2, 0.25) is 0 Å². The van der Waals surface area contributed by atoms with Gasteiger partial charge in [-0.2, -0.15) is 0 Å². The maximum absolute atomic E-state index is 13.4. The lowest BCUT2D eigenvalue weighted by Crippen LogP contribution is -1.96. The third-order valence-electron chi connectivity index (χ3n) is 3.32. The summed E-state index contributed by atoms with van der Waals surface area (Å²) in [6.45, 7) is 2.06. The molecule has 0 N–H and O–H groups in total. The molecule has 0 aliphatic rings. The van der Waals surface area contributed by atoms with Crippen molar-refractivity contribution in [2.75, 3.05) is 0 Å². The Morgan fingerprint density at radius 2 is 1.37 bits per heavy atom. The van der Waals surface area contributed by atoms with E-state index in [9.17, 15) is 8.78 Å². The molecule has 2 rings (SSSR count). The molecular weight excluding hydrogens is 242 g/mol. The van der Waals surface area contributed by atoms with E-state index in [0.29, 0.717) is 6.42 Å². The van der Waals surface area contributed by atoms with E-state index in [0.717, 1.165) is 19.3 Å². The van der Waals surface area contributed by atoms with Gasteiger partial charge in [-0.1, -0.05) is 35.9 Å². The second-order valence-corrected chi connectivity index (χ2v) is 4.89. The molecule has 0 amide bonds. The Morgan fingerprint density at radius 3 is 2.00 bits per heavy atom. The van der Waals surface area contributed by atoms with Gasteiger partial charge in [-0.15, -0.1) is 0 Å². The van der Waals surface area contributed by atoms with E-state index < -0.39 is 11.6 Å². The number of hydrogen-bond acceptors (Lipinski definition) is 0. The number of unbranched alkanes of at least 4 members (excludes halogenated alkanes) is 1. The summed E-state index contributed by atoms with van der Waals surface area (Å²) in [4.78, 5) is 0. The van der Waals surface area contributed by atoms with Crippen LogP contribution in [0.5, 0.6) is 0 Å². The van der Waals surface area contributed by atoms with E-state index in [-0.39, 0.29) is 5.56 Å². The highest BCUT2D eigenvalue weighted by molar-refractivity contribution is 5.22. The predicted molar refractivity (Wildman–Crippen MR) is 74.2 cm³/mol. The van der Waals surface area contributed by atoms with Crippen LogP contribution in [0.15, 0.2) is 42.5 Å². The Hall–Kier alpha value is -1.70. The molecular formula is C17H18F2. The van der Waals surface area contributed by atoms with Crippen molar-refractivity contribution in [2.24, 2.45) is 0 Å². The van der Waals surface area contributed by atoms with Crippen molar-refractivity contribution in [3.63, 3.8) is 0 Å². The predicted octanol–water partition coefficient (Wildman–Crippen LogP) is 4.84. The van der Waals surface area contributed by atoms with E-state index in [1.54, 1.807) is 0 Å². The number of rotatable bonds is 5. The average molecular weight is 260 g/mol. The van der Waals surface area contributed by atoms with E-state index in [2.05, 4.69) is 31.2 Å². The smallest absolute Gasteiger partial charge is 0.129 e. The first kappa shape index (κ1) is 13.7. The van der Waals surface area contributed by atoms with Crippen molar-refractivity contribution in [3.05, 3.63) is 70.8 Å². The molecule has 0 saturated heterocycles. The van der Waals surface area contributed by atoms with Gasteiger partial charge < -0.3 is 0 Å². The first-order valence-corrected chi connectivity index (χ1v) is 6.65. The molecule has 0 aliphatic carbocycles. The number of benzene rings is 2. The first-order valence-electron chi connectivity index (χ1n) is 6.65. The molecule has 0 atom stereocenters. The van der Waals surface area contributed by atoms with E-state index in [1.165, 1.54) is 29.3 Å². The number of aryl methyl sites for hydroxylation is 2. The van der Waals surface area contributed by atoms with Gasteiger partial charge in [0, 0.05) is 5.56 Å². The Bertz CT molecular complexity index is 509. The lowest BCUT2D eigenvalue weighted by molar-refractivity contribution is 0.546. The van der Waals surface area contributed by atoms with Gasteiger partial charge in [0.05, 0.1) is 0 Å². The van der Waals surface area contributed by atoms with Gasteiger partial charge in [-0.3, -0.25) is 0 Å². The molecule has 0 saturated carbocycles. The van der Waals surface area contributed by atoms with Gasteiger partial charge in [0.25, 0.3) is 0 Å². The molecule has 19 heavy (non-hydrogen) atoms. The van der Waals surface area contributed by atoms with Gasteiger partial charge in [0.1, 0.15) is 11.6 Å². The summed E-state index contributed by atoms with van der Waals surface area (Å²) in [5.74, 6) is -0.870. The van der Waals surface area contributed by atoms with Crippen LogP contribution >= 0.6 is 0 Å². The summed E-state index contributed by atoms with van der Waals surface area (Å²) in [5.41, 5.74) is 2.74. The quantitative estimate of drug-likeness (QED) is 0.675. The minimum atomic E-state index is -0.435. The van der Waals surface area contributed by atoms with Crippen LogP contribution in [0.3, 0.4) is 0 Å². The van der Waals surface area contributed by atoms with E-state index >= 15 is 0 Å². The molecule has 0 unspecified atom stereocenters. The molecule has 0 spiro atoms. The maximum atomic E-state index is 13.4. The van der Waals surface area contributed by atoms with Crippen LogP contribution in [0.25, 0.3) is 0 Å². The molecule has 2 aromatic carbocycles. The van der Waals surface area contributed by atoms with E-state index in [4.69, 9.17) is 0 Å². The van der Waals surface area contributed by atoms with Gasteiger partial charge in [-0.25, -0.2) is 8.78 Å². The topological polar surface area (TPSA) is 0 Å². The van der Waals surface area contributed by atoms with Crippen LogP contribution in [0.1, 0.15) is 29.5 Å². The lowest BCUT2D eigenvalue weighted by atomic mass is 10.0. The van der Waals surface area contributed by atoms with Crippen LogP contribution in [-0.4, -0.2) is 0 Å². The standard InChI is InChI=1S/C17H18F2/c1-13-9-11-14(12-10-13)5-2-3-6-15-16(18)7-4-8-17(15)19/h4,7-12H,2-3,5-6H2,1H3. The largest absolute Gasteiger partial charge is 0.207 e. The Kier molecular flexibility index (Phi) is 4.67. The highest BCUT2D eigenvalue weighted by Crippen LogP contribution is 2.16. The molecule has 2 aromatic rings. The summed E-state index contributed by atoms with van der Waals surface area (Å²) < 4.78 is 26.8. The van der Waals surface area contributed by atoms with Gasteiger partial charge >= 0.3 is 0 Å². The van der Waals surface area contributed by atoms with Crippen molar-refractivity contribution >= 4 is 0 Å². The molecule has 0 nitrogen and oxygen atoms in total. The molecule has 0 aliphatic heterocycles. The molecule has 0 aromatic heterocycles. The van der Waals surface area contributed by atoms with Crippen LogP contribution < -0.4 is 0 Å². The van der Waals surface area contributed by atoms with Gasteiger partial charge in [-0.05, 0) is 50.3 Å². The van der Waals surface area contributed by atoms with Crippen LogP contribution in [-0.2, 0) is 12.8 Å². The Balaban J connectivity index is 1.82. The summed E-state index contributed by atoms with van der Waals surface area (Å²) in [7, 11) is 0. The summed E-state index contributed by atoms with van der Waals surface area (Å²) in [6, 6.07) is 12.4. The average Bonchev–Trinajstić information content (AvgIpc) is 2.39. The summed E-state index contributed by atoms with van der Waals surface area (Å²) in [6.07, 6.45) is 3.16. The fourth-order valence-corrected chi connectivity index (χ4v) is 2.16. The molecule has 0 bridgehead atoms. The molecule has 0 fully saturated rings. The van der Waals surface area contributed by atoms with Crippen LogP contribution in [0.4, 0.5) is 8.78 Å². The fraction of sp³-hybridized carbons (Fsp3) is 0.294. The van der Waals surface area contributed by atoms with Crippen LogP contribution in [0, 0.1) is 18.6 Å². The van der Waals surface area contributed by atoms with Crippen molar-refractivity contribution in [2.45, 2.75) is 32.6 Å². The second-order valence-electron chi connectivity index (χ2n) is 4.89. The second kappa shape index (κ2) is 6.46. The van der Waals surface area contributed by atoms with Crippen molar-refractivity contribution < 1.29 is 8.78 Å². The monoisotopic (exact) mass is 260 g/mol. The van der Waals surface area contributed by atoms with Gasteiger partial charge in [0.15, 0.2) is 0 Å². The minimum Gasteiger partial charge on any atom is -0.207 e. The summed E-state index contributed by atoms with van der Waals surface area (Å²) in [5, 5.41) is 0. The lowest BCUT2D eigenvalue weighted by Gasteiger charge is -2.05. The van der Waals surface area contributed by atoms with Crippen molar-refractivity contribution in [3.8, 4) is 0 Å². The highest BCUT2D eigenvalue weighted by atomic mass is 19.1. The number of halogens is 2. The third-order valence-corrected chi connectivity index (χ3v) is 3.32.